The first-order chi connectivity index (χ1) is 9.47. The van der Waals surface area contributed by atoms with E-state index in [9.17, 15) is 9.59 Å². The van der Waals surface area contributed by atoms with E-state index in [2.05, 4.69) is 10.3 Å². The van der Waals surface area contributed by atoms with Gasteiger partial charge in [0.05, 0.1) is 5.69 Å². The van der Waals surface area contributed by atoms with E-state index in [1.165, 1.54) is 6.92 Å². The van der Waals surface area contributed by atoms with Crippen molar-refractivity contribution in [2.75, 3.05) is 5.32 Å². The van der Waals surface area contributed by atoms with Crippen molar-refractivity contribution >= 4 is 40.5 Å². The molecule has 0 unspecified atom stereocenters. The molecule has 104 valence electrons. The fraction of sp³-hybridized carbons (Fsp3) is 0.0833. The number of carboxylic acid groups (broad SMARTS) is 1. The molecule has 0 aliphatic heterocycles. The predicted octanol–water partition coefficient (Wildman–Crippen LogP) is 3.25. The van der Waals surface area contributed by atoms with Crippen molar-refractivity contribution in [1.82, 2.24) is 4.98 Å². The maximum atomic E-state index is 11.1. The van der Waals surface area contributed by atoms with Crippen LogP contribution in [-0.2, 0) is 4.79 Å². The van der Waals surface area contributed by atoms with E-state index in [4.69, 9.17) is 21.4 Å². The number of ether oxygens (including phenoxy) is 1. The standard InChI is InChI=1S/C12H9ClN2O4S/c1-6(16)14-7-4-2-3-5-8(7)19-12-15-10(13)9(20-12)11(17)18/h2-5H,1H3,(H,14,16)(H,17,18). The third-order valence-electron chi connectivity index (χ3n) is 2.16. The number of para-hydroxylation sites is 2. The summed E-state index contributed by atoms with van der Waals surface area (Å²) in [6.45, 7) is 1.37. The smallest absolute Gasteiger partial charge is 0.349 e. The Morgan fingerprint density at radius 2 is 2.10 bits per heavy atom. The molecule has 0 bridgehead atoms. The molecular formula is C12H9ClN2O4S. The number of hydrogen-bond acceptors (Lipinski definition) is 5. The molecule has 0 saturated carbocycles. The van der Waals surface area contributed by atoms with Gasteiger partial charge in [-0.1, -0.05) is 35.1 Å². The molecule has 0 atom stereocenters. The van der Waals surface area contributed by atoms with Gasteiger partial charge in [-0.25, -0.2) is 4.79 Å². The van der Waals surface area contributed by atoms with Crippen molar-refractivity contribution in [2.24, 2.45) is 0 Å². The van der Waals surface area contributed by atoms with Crippen LogP contribution in [0.4, 0.5) is 5.69 Å². The molecule has 2 aromatic rings. The number of hydrogen-bond donors (Lipinski definition) is 2. The van der Waals surface area contributed by atoms with Crippen LogP contribution in [0.1, 0.15) is 16.6 Å². The van der Waals surface area contributed by atoms with Crippen LogP contribution in [-0.4, -0.2) is 22.0 Å². The third-order valence-corrected chi connectivity index (χ3v) is 3.46. The summed E-state index contributed by atoms with van der Waals surface area (Å²) in [6.07, 6.45) is 0. The molecule has 8 heteroatoms. The Morgan fingerprint density at radius 1 is 1.40 bits per heavy atom. The van der Waals surface area contributed by atoms with Crippen molar-refractivity contribution in [3.63, 3.8) is 0 Å². The molecule has 20 heavy (non-hydrogen) atoms. The van der Waals surface area contributed by atoms with Crippen LogP contribution in [0.25, 0.3) is 0 Å². The lowest BCUT2D eigenvalue weighted by Gasteiger charge is -2.08. The number of carbonyl (C=O) groups excluding carboxylic acids is 1. The minimum Gasteiger partial charge on any atom is -0.477 e. The van der Waals surface area contributed by atoms with Crippen LogP contribution < -0.4 is 10.1 Å². The summed E-state index contributed by atoms with van der Waals surface area (Å²) < 4.78 is 5.47. The number of carboxylic acids is 1. The van der Waals surface area contributed by atoms with Crippen LogP contribution in [0.3, 0.4) is 0 Å². The molecule has 1 amide bonds. The number of aromatic carboxylic acids is 1. The van der Waals surface area contributed by atoms with Crippen LogP contribution in [0.2, 0.25) is 5.15 Å². The van der Waals surface area contributed by atoms with Crippen molar-refractivity contribution in [3.05, 3.63) is 34.3 Å². The minimum atomic E-state index is -1.17. The van der Waals surface area contributed by atoms with Gasteiger partial charge in [0.2, 0.25) is 5.91 Å². The number of rotatable bonds is 4. The Morgan fingerprint density at radius 3 is 2.70 bits per heavy atom. The molecule has 0 spiro atoms. The molecule has 1 heterocycles. The number of nitrogens with one attached hydrogen (secondary N) is 1. The highest BCUT2D eigenvalue weighted by molar-refractivity contribution is 7.15. The summed E-state index contributed by atoms with van der Waals surface area (Å²) in [5.74, 6) is -1.06. The fourth-order valence-electron chi connectivity index (χ4n) is 1.40. The molecule has 1 aromatic carbocycles. The highest BCUT2D eigenvalue weighted by Gasteiger charge is 2.17. The molecule has 0 fully saturated rings. The zero-order chi connectivity index (χ0) is 14.7. The lowest BCUT2D eigenvalue weighted by atomic mass is 10.3. The molecule has 0 aliphatic rings. The normalized spacial score (nSPS) is 10.1. The van der Waals surface area contributed by atoms with Crippen LogP contribution >= 0.6 is 22.9 Å². The predicted molar refractivity (Wildman–Crippen MR) is 74.9 cm³/mol. The number of carbonyl (C=O) groups is 2. The van der Waals surface area contributed by atoms with Gasteiger partial charge < -0.3 is 15.2 Å². The van der Waals surface area contributed by atoms with Crippen LogP contribution in [0.5, 0.6) is 10.9 Å². The van der Waals surface area contributed by atoms with Gasteiger partial charge in [-0.3, -0.25) is 4.79 Å². The molecule has 2 rings (SSSR count). The van der Waals surface area contributed by atoms with E-state index in [-0.39, 0.29) is 21.1 Å². The average Bonchev–Trinajstić information content (AvgIpc) is 2.72. The highest BCUT2D eigenvalue weighted by Crippen LogP contribution is 2.34. The lowest BCUT2D eigenvalue weighted by Crippen LogP contribution is -2.06. The summed E-state index contributed by atoms with van der Waals surface area (Å²) >= 11 is 6.51. The second kappa shape index (κ2) is 5.89. The van der Waals surface area contributed by atoms with Crippen LogP contribution in [0.15, 0.2) is 24.3 Å². The van der Waals surface area contributed by atoms with Gasteiger partial charge in [0.1, 0.15) is 0 Å². The van der Waals surface area contributed by atoms with Crippen molar-refractivity contribution < 1.29 is 19.4 Å². The summed E-state index contributed by atoms with van der Waals surface area (Å²) in [6, 6.07) is 6.73. The highest BCUT2D eigenvalue weighted by atomic mass is 35.5. The molecule has 0 radical (unpaired) electrons. The van der Waals surface area contributed by atoms with E-state index in [0.717, 1.165) is 11.3 Å². The van der Waals surface area contributed by atoms with Gasteiger partial charge in [0, 0.05) is 6.92 Å². The lowest BCUT2D eigenvalue weighted by molar-refractivity contribution is -0.114. The summed E-state index contributed by atoms with van der Waals surface area (Å²) in [4.78, 5) is 25.7. The van der Waals surface area contributed by atoms with Gasteiger partial charge in [-0.2, -0.15) is 4.98 Å². The first-order valence-corrected chi connectivity index (χ1v) is 6.61. The zero-order valence-electron chi connectivity index (χ0n) is 10.2. The quantitative estimate of drug-likeness (QED) is 0.904. The number of nitrogens with zero attached hydrogens (tertiary/aromatic N) is 1. The number of anilines is 1. The molecule has 0 saturated heterocycles. The van der Waals surface area contributed by atoms with Gasteiger partial charge in [0.15, 0.2) is 15.8 Å². The topological polar surface area (TPSA) is 88.5 Å². The molecule has 6 nitrogen and oxygen atoms in total. The Hall–Kier alpha value is -2.12. The zero-order valence-corrected chi connectivity index (χ0v) is 11.8. The monoisotopic (exact) mass is 312 g/mol. The van der Waals surface area contributed by atoms with Crippen molar-refractivity contribution in [2.45, 2.75) is 6.92 Å². The Kier molecular flexibility index (Phi) is 4.21. The maximum Gasteiger partial charge on any atom is 0.349 e. The van der Waals surface area contributed by atoms with Gasteiger partial charge in [-0.15, -0.1) is 0 Å². The summed E-state index contributed by atoms with van der Waals surface area (Å²) in [5, 5.41) is 11.5. The Balaban J connectivity index is 2.28. The Bertz CT molecular complexity index is 671. The van der Waals surface area contributed by atoms with E-state index in [1.807, 2.05) is 0 Å². The number of benzene rings is 1. The van der Waals surface area contributed by atoms with Crippen molar-refractivity contribution in [1.29, 1.82) is 0 Å². The largest absolute Gasteiger partial charge is 0.477 e. The van der Waals surface area contributed by atoms with Gasteiger partial charge in [0.25, 0.3) is 5.19 Å². The van der Waals surface area contributed by atoms with E-state index in [0.29, 0.717) is 11.4 Å². The first-order valence-electron chi connectivity index (χ1n) is 5.41. The summed E-state index contributed by atoms with van der Waals surface area (Å²) in [7, 11) is 0. The Labute approximate surface area is 123 Å². The molecular weight excluding hydrogens is 304 g/mol. The van der Waals surface area contributed by atoms with E-state index >= 15 is 0 Å². The SMILES string of the molecule is CC(=O)Nc1ccccc1Oc1nc(Cl)c(C(=O)O)s1. The number of thiazole rings is 1. The minimum absolute atomic E-state index is 0.0882. The molecule has 0 aliphatic carbocycles. The first kappa shape index (κ1) is 14.3. The average molecular weight is 313 g/mol. The second-order valence-corrected chi connectivity index (χ2v) is 5.00. The summed E-state index contributed by atoms with van der Waals surface area (Å²) in [5.41, 5.74) is 0.461. The number of halogens is 1. The number of aromatic nitrogens is 1. The van der Waals surface area contributed by atoms with Gasteiger partial charge >= 0.3 is 5.97 Å². The van der Waals surface area contributed by atoms with E-state index < -0.39 is 5.97 Å². The third kappa shape index (κ3) is 3.25. The fourth-order valence-corrected chi connectivity index (χ4v) is 2.38. The van der Waals surface area contributed by atoms with E-state index in [1.54, 1.807) is 24.3 Å². The molecule has 2 N–H and O–H groups in total. The van der Waals surface area contributed by atoms with Gasteiger partial charge in [-0.05, 0) is 12.1 Å². The van der Waals surface area contributed by atoms with Crippen molar-refractivity contribution in [3.8, 4) is 10.9 Å². The maximum absolute atomic E-state index is 11.1. The second-order valence-electron chi connectivity index (χ2n) is 3.68. The molecule has 1 aromatic heterocycles. The van der Waals surface area contributed by atoms with Crippen LogP contribution in [0, 0.1) is 0 Å². The number of amides is 1.